The minimum atomic E-state index is -0.485. The summed E-state index contributed by atoms with van der Waals surface area (Å²) < 4.78 is 20.4. The SMILES string of the molecule is COCC(C)(C)c1cc(NC(=O)N(C)CC(OC)OC)on1. The molecule has 0 fully saturated rings. The van der Waals surface area contributed by atoms with E-state index in [9.17, 15) is 4.79 Å². The number of anilines is 1. The molecule has 0 aromatic carbocycles. The molecule has 0 spiro atoms. The van der Waals surface area contributed by atoms with Gasteiger partial charge in [0.2, 0.25) is 5.88 Å². The minimum Gasteiger partial charge on any atom is -0.384 e. The number of methoxy groups -OCH3 is 3. The Bertz CT molecular complexity index is 471. The highest BCUT2D eigenvalue weighted by Gasteiger charge is 2.26. The topological polar surface area (TPSA) is 86.1 Å². The van der Waals surface area contributed by atoms with Crippen LogP contribution >= 0.6 is 0 Å². The van der Waals surface area contributed by atoms with Crippen LogP contribution in [0.2, 0.25) is 0 Å². The summed E-state index contributed by atoms with van der Waals surface area (Å²) in [6.45, 7) is 4.74. The van der Waals surface area contributed by atoms with Crippen LogP contribution in [0.1, 0.15) is 19.5 Å². The lowest BCUT2D eigenvalue weighted by atomic mass is 9.91. The lowest BCUT2D eigenvalue weighted by Crippen LogP contribution is -2.38. The molecule has 8 nitrogen and oxygen atoms in total. The van der Waals surface area contributed by atoms with Crippen molar-refractivity contribution >= 4 is 11.9 Å². The van der Waals surface area contributed by atoms with Crippen molar-refractivity contribution in [1.29, 1.82) is 0 Å². The van der Waals surface area contributed by atoms with E-state index >= 15 is 0 Å². The van der Waals surface area contributed by atoms with Gasteiger partial charge in [0.25, 0.3) is 0 Å². The molecular weight excluding hydrogens is 290 g/mol. The zero-order valence-corrected chi connectivity index (χ0v) is 14.0. The van der Waals surface area contributed by atoms with Gasteiger partial charge in [-0.25, -0.2) is 4.79 Å². The van der Waals surface area contributed by atoms with Crippen molar-refractivity contribution in [2.75, 3.05) is 46.8 Å². The van der Waals surface area contributed by atoms with Gasteiger partial charge < -0.3 is 23.6 Å². The molecule has 0 aliphatic heterocycles. The number of carbonyl (C=O) groups excluding carboxylic acids is 1. The van der Waals surface area contributed by atoms with Crippen molar-refractivity contribution < 1.29 is 23.5 Å². The van der Waals surface area contributed by atoms with E-state index in [0.29, 0.717) is 12.3 Å². The normalized spacial score (nSPS) is 11.8. The summed E-state index contributed by atoms with van der Waals surface area (Å²) in [4.78, 5) is 13.5. The average molecular weight is 315 g/mol. The van der Waals surface area contributed by atoms with E-state index < -0.39 is 6.29 Å². The maximum Gasteiger partial charge on any atom is 0.324 e. The molecule has 2 amide bonds. The summed E-state index contributed by atoms with van der Waals surface area (Å²) in [5, 5.41) is 6.61. The van der Waals surface area contributed by atoms with Crippen LogP contribution in [-0.2, 0) is 19.6 Å². The van der Waals surface area contributed by atoms with Gasteiger partial charge in [-0.1, -0.05) is 19.0 Å². The van der Waals surface area contributed by atoms with Crippen LogP contribution in [0.3, 0.4) is 0 Å². The number of urea groups is 1. The molecule has 0 aliphatic carbocycles. The van der Waals surface area contributed by atoms with Crippen LogP contribution < -0.4 is 5.32 Å². The third kappa shape index (κ3) is 4.97. The molecular formula is C14H25N3O5. The van der Waals surface area contributed by atoms with Crippen molar-refractivity contribution in [3.8, 4) is 0 Å². The van der Waals surface area contributed by atoms with E-state index in [4.69, 9.17) is 18.7 Å². The number of nitrogens with zero attached hydrogens (tertiary/aromatic N) is 2. The lowest BCUT2D eigenvalue weighted by molar-refractivity contribution is -0.108. The Kier molecular flexibility index (Phi) is 6.79. The number of hydrogen-bond acceptors (Lipinski definition) is 6. The average Bonchev–Trinajstić information content (AvgIpc) is 2.93. The van der Waals surface area contributed by atoms with Gasteiger partial charge in [-0.3, -0.25) is 5.32 Å². The van der Waals surface area contributed by atoms with Crippen molar-refractivity contribution in [3.05, 3.63) is 11.8 Å². The fourth-order valence-electron chi connectivity index (χ4n) is 1.84. The van der Waals surface area contributed by atoms with E-state index in [1.165, 1.54) is 19.1 Å². The first-order valence-corrected chi connectivity index (χ1v) is 6.88. The Labute approximate surface area is 130 Å². The summed E-state index contributed by atoms with van der Waals surface area (Å²) in [5.74, 6) is 0.280. The van der Waals surface area contributed by atoms with E-state index in [0.717, 1.165) is 0 Å². The molecule has 0 atom stereocenters. The zero-order valence-electron chi connectivity index (χ0n) is 14.0. The minimum absolute atomic E-state index is 0.280. The Morgan fingerprint density at radius 2 is 2.05 bits per heavy atom. The number of amides is 2. The van der Waals surface area contributed by atoms with Gasteiger partial charge in [0.1, 0.15) is 0 Å². The van der Waals surface area contributed by atoms with E-state index in [1.54, 1.807) is 20.2 Å². The highest BCUT2D eigenvalue weighted by Crippen LogP contribution is 2.24. The number of rotatable bonds is 8. The maximum atomic E-state index is 12.1. The summed E-state index contributed by atoms with van der Waals surface area (Å²) in [6.07, 6.45) is -0.485. The highest BCUT2D eigenvalue weighted by atomic mass is 16.7. The van der Waals surface area contributed by atoms with Crippen molar-refractivity contribution in [2.45, 2.75) is 25.6 Å². The Hall–Kier alpha value is -1.64. The molecule has 0 unspecified atom stereocenters. The van der Waals surface area contributed by atoms with E-state index in [1.807, 2.05) is 13.8 Å². The van der Waals surface area contributed by atoms with Gasteiger partial charge in [0, 0.05) is 39.9 Å². The van der Waals surface area contributed by atoms with Gasteiger partial charge >= 0.3 is 6.03 Å². The van der Waals surface area contributed by atoms with Crippen LogP contribution in [-0.4, -0.2) is 63.9 Å². The molecule has 0 bridgehead atoms. The quantitative estimate of drug-likeness (QED) is 0.735. The van der Waals surface area contributed by atoms with Gasteiger partial charge in [-0.05, 0) is 0 Å². The fraction of sp³-hybridized carbons (Fsp3) is 0.714. The number of carbonyl (C=O) groups is 1. The lowest BCUT2D eigenvalue weighted by Gasteiger charge is -2.21. The second-order valence-electron chi connectivity index (χ2n) is 5.60. The van der Waals surface area contributed by atoms with Crippen molar-refractivity contribution in [3.63, 3.8) is 0 Å². The van der Waals surface area contributed by atoms with Gasteiger partial charge in [-0.15, -0.1) is 0 Å². The van der Waals surface area contributed by atoms with Gasteiger partial charge in [0.15, 0.2) is 6.29 Å². The summed E-state index contributed by atoms with van der Waals surface area (Å²) >= 11 is 0. The molecule has 1 N–H and O–H groups in total. The molecule has 0 aliphatic rings. The zero-order chi connectivity index (χ0) is 16.8. The molecule has 0 saturated carbocycles. The Balaban J connectivity index is 2.64. The number of aromatic nitrogens is 1. The summed E-state index contributed by atoms with van der Waals surface area (Å²) in [6, 6.07) is 1.35. The van der Waals surface area contributed by atoms with Crippen molar-refractivity contribution in [1.82, 2.24) is 10.1 Å². The van der Waals surface area contributed by atoms with E-state index in [2.05, 4.69) is 10.5 Å². The maximum absolute atomic E-state index is 12.1. The van der Waals surface area contributed by atoms with E-state index in [-0.39, 0.29) is 23.9 Å². The third-order valence-corrected chi connectivity index (χ3v) is 3.23. The molecule has 1 rings (SSSR count). The van der Waals surface area contributed by atoms with Crippen molar-refractivity contribution in [2.24, 2.45) is 0 Å². The van der Waals surface area contributed by atoms with Crippen LogP contribution in [0.25, 0.3) is 0 Å². The summed E-state index contributed by atoms with van der Waals surface area (Å²) in [7, 11) is 6.29. The van der Waals surface area contributed by atoms with Crippen LogP contribution in [0.4, 0.5) is 10.7 Å². The van der Waals surface area contributed by atoms with Gasteiger partial charge in [-0.2, -0.15) is 0 Å². The first-order valence-electron chi connectivity index (χ1n) is 6.88. The Morgan fingerprint density at radius 1 is 1.41 bits per heavy atom. The predicted molar refractivity (Wildman–Crippen MR) is 80.9 cm³/mol. The molecule has 22 heavy (non-hydrogen) atoms. The molecule has 8 heteroatoms. The Morgan fingerprint density at radius 3 is 2.59 bits per heavy atom. The number of likely N-dealkylation sites (N-methyl/N-ethyl adjacent to an activating group) is 1. The largest absolute Gasteiger partial charge is 0.384 e. The smallest absolute Gasteiger partial charge is 0.324 e. The monoisotopic (exact) mass is 315 g/mol. The molecule has 0 saturated heterocycles. The molecule has 0 radical (unpaired) electrons. The molecule has 1 heterocycles. The molecule has 1 aromatic heterocycles. The second-order valence-corrected chi connectivity index (χ2v) is 5.60. The second kappa shape index (κ2) is 8.11. The first-order chi connectivity index (χ1) is 10.3. The third-order valence-electron chi connectivity index (χ3n) is 3.23. The van der Waals surface area contributed by atoms with Crippen LogP contribution in [0, 0.1) is 0 Å². The highest BCUT2D eigenvalue weighted by molar-refractivity contribution is 5.87. The predicted octanol–water partition coefficient (Wildman–Crippen LogP) is 1.68. The fourth-order valence-corrected chi connectivity index (χ4v) is 1.84. The molecule has 1 aromatic rings. The number of nitrogens with one attached hydrogen (secondary N) is 1. The molecule has 126 valence electrons. The van der Waals surface area contributed by atoms with Crippen LogP contribution in [0.5, 0.6) is 0 Å². The number of hydrogen-bond donors (Lipinski definition) is 1. The summed E-state index contributed by atoms with van der Waals surface area (Å²) in [5.41, 5.74) is 0.406. The standard InChI is InChI=1S/C14H25N3O5/c1-14(2,9-19-4)10-7-11(22-16-10)15-13(18)17(3)8-12(20-5)21-6/h7,12H,8-9H2,1-6H3,(H,15,18). The van der Waals surface area contributed by atoms with Crippen LogP contribution in [0.15, 0.2) is 10.6 Å². The first kappa shape index (κ1) is 18.4. The number of ether oxygens (including phenoxy) is 3. The van der Waals surface area contributed by atoms with Gasteiger partial charge in [0.05, 0.1) is 18.8 Å².